The van der Waals surface area contributed by atoms with Crippen LogP contribution in [-0.4, -0.2) is 5.97 Å². The number of hydrogen-bond donors (Lipinski definition) is 0. The molecule has 0 aromatic heterocycles. The van der Waals surface area contributed by atoms with E-state index in [1.165, 1.54) is 0 Å². The highest BCUT2D eigenvalue weighted by molar-refractivity contribution is 5.68. The number of carbonyl (C=O) groups is 1. The van der Waals surface area contributed by atoms with Crippen molar-refractivity contribution in [2.75, 3.05) is 0 Å². The molecule has 0 atom stereocenters. The molecule has 0 unspecified atom stereocenters. The Hall–Kier alpha value is -1.51. The van der Waals surface area contributed by atoms with E-state index in [4.69, 9.17) is 9.78 Å². The van der Waals surface area contributed by atoms with E-state index in [-0.39, 0.29) is 5.97 Å². The molecule has 1 rings (SSSR count). The first kappa shape index (κ1) is 15.5. The molecule has 3 nitrogen and oxygen atoms in total. The molecular formula is C16H24O3. The Labute approximate surface area is 115 Å². The summed E-state index contributed by atoms with van der Waals surface area (Å²) in [5, 5.41) is 0. The van der Waals surface area contributed by atoms with Crippen molar-refractivity contribution >= 4 is 5.97 Å². The number of benzene rings is 1. The smallest absolute Gasteiger partial charge is 0.287 e. The van der Waals surface area contributed by atoms with Gasteiger partial charge in [-0.05, 0) is 30.4 Å². The van der Waals surface area contributed by atoms with Crippen molar-refractivity contribution in [1.29, 1.82) is 0 Å². The third-order valence-electron chi connectivity index (χ3n) is 2.81. The predicted octanol–water partition coefficient (Wildman–Crippen LogP) is 4.30. The molecule has 0 saturated carbocycles. The zero-order valence-corrected chi connectivity index (χ0v) is 12.1. The van der Waals surface area contributed by atoms with Gasteiger partial charge in [0.05, 0.1) is 6.42 Å². The summed E-state index contributed by atoms with van der Waals surface area (Å²) in [6.07, 6.45) is 4.31. The van der Waals surface area contributed by atoms with Crippen LogP contribution in [0.3, 0.4) is 0 Å². The van der Waals surface area contributed by atoms with Gasteiger partial charge in [0.15, 0.2) is 5.75 Å². The number of carbonyl (C=O) groups excluding carboxylic acids is 1. The van der Waals surface area contributed by atoms with Gasteiger partial charge in [0.1, 0.15) is 0 Å². The third-order valence-corrected chi connectivity index (χ3v) is 2.81. The van der Waals surface area contributed by atoms with E-state index < -0.39 is 0 Å². The Balaban J connectivity index is 2.46. The van der Waals surface area contributed by atoms with Crippen molar-refractivity contribution < 1.29 is 14.6 Å². The minimum Gasteiger partial charge on any atom is -0.287 e. The SMILES string of the molecule is CCCCCC(=O)OOc1ccccc1CC(C)C. The number of unbranched alkanes of at least 4 members (excludes halogenated alkanes) is 2. The quantitative estimate of drug-likeness (QED) is 0.399. The van der Waals surface area contributed by atoms with E-state index >= 15 is 0 Å². The van der Waals surface area contributed by atoms with Gasteiger partial charge in [-0.3, -0.25) is 9.78 Å². The summed E-state index contributed by atoms with van der Waals surface area (Å²) in [5.74, 6) is 0.873. The van der Waals surface area contributed by atoms with Crippen LogP contribution in [0.25, 0.3) is 0 Å². The maximum atomic E-state index is 11.5. The van der Waals surface area contributed by atoms with Crippen molar-refractivity contribution in [2.24, 2.45) is 5.92 Å². The molecule has 0 aliphatic carbocycles. The Bertz CT molecular complexity index is 385. The van der Waals surface area contributed by atoms with Gasteiger partial charge >= 0.3 is 5.97 Å². The molecule has 0 radical (unpaired) electrons. The van der Waals surface area contributed by atoms with E-state index in [0.717, 1.165) is 31.2 Å². The van der Waals surface area contributed by atoms with Crippen LogP contribution in [0.1, 0.15) is 52.0 Å². The fourth-order valence-electron chi connectivity index (χ4n) is 1.85. The summed E-state index contributed by atoms with van der Waals surface area (Å²) in [4.78, 5) is 21.5. The van der Waals surface area contributed by atoms with Gasteiger partial charge < -0.3 is 0 Å². The lowest BCUT2D eigenvalue weighted by atomic mass is 10.0. The van der Waals surface area contributed by atoms with Gasteiger partial charge in [-0.15, -0.1) is 0 Å². The molecule has 0 N–H and O–H groups in total. The Morgan fingerprint density at radius 2 is 1.95 bits per heavy atom. The molecule has 0 heterocycles. The first-order chi connectivity index (χ1) is 9.13. The number of hydrogen-bond acceptors (Lipinski definition) is 3. The predicted molar refractivity (Wildman–Crippen MR) is 75.8 cm³/mol. The molecule has 0 aliphatic heterocycles. The molecule has 1 aromatic carbocycles. The molecule has 106 valence electrons. The van der Waals surface area contributed by atoms with Crippen LogP contribution in [-0.2, 0) is 16.1 Å². The molecule has 0 amide bonds. The Morgan fingerprint density at radius 1 is 1.21 bits per heavy atom. The monoisotopic (exact) mass is 264 g/mol. The fraction of sp³-hybridized carbons (Fsp3) is 0.562. The summed E-state index contributed by atoms with van der Waals surface area (Å²) in [6, 6.07) is 7.68. The summed E-state index contributed by atoms with van der Waals surface area (Å²) >= 11 is 0. The number of para-hydroxylation sites is 1. The van der Waals surface area contributed by atoms with Crippen molar-refractivity contribution in [3.63, 3.8) is 0 Å². The lowest BCUT2D eigenvalue weighted by Crippen LogP contribution is -2.09. The molecule has 0 aliphatic rings. The van der Waals surface area contributed by atoms with Crippen molar-refractivity contribution in [3.8, 4) is 5.75 Å². The maximum Gasteiger partial charge on any atom is 0.355 e. The van der Waals surface area contributed by atoms with Crippen LogP contribution in [0.4, 0.5) is 0 Å². The molecule has 0 fully saturated rings. The average Bonchev–Trinajstić information content (AvgIpc) is 2.37. The zero-order valence-electron chi connectivity index (χ0n) is 12.1. The third kappa shape index (κ3) is 6.27. The van der Waals surface area contributed by atoms with Crippen LogP contribution in [0.5, 0.6) is 5.75 Å². The summed E-state index contributed by atoms with van der Waals surface area (Å²) in [7, 11) is 0. The highest BCUT2D eigenvalue weighted by atomic mass is 17.2. The topological polar surface area (TPSA) is 35.5 Å². The van der Waals surface area contributed by atoms with Crippen molar-refractivity contribution in [2.45, 2.75) is 52.9 Å². The minimum atomic E-state index is -0.298. The first-order valence-corrected chi connectivity index (χ1v) is 7.08. The van der Waals surface area contributed by atoms with E-state index in [1.807, 2.05) is 24.3 Å². The zero-order chi connectivity index (χ0) is 14.1. The van der Waals surface area contributed by atoms with Gasteiger partial charge in [-0.2, -0.15) is 0 Å². The van der Waals surface area contributed by atoms with Gasteiger partial charge in [-0.1, -0.05) is 51.8 Å². The Morgan fingerprint density at radius 3 is 2.63 bits per heavy atom. The number of rotatable bonds is 8. The van der Waals surface area contributed by atoms with Crippen LogP contribution in [0.15, 0.2) is 24.3 Å². The van der Waals surface area contributed by atoms with Crippen LogP contribution >= 0.6 is 0 Å². The molecule has 3 heteroatoms. The summed E-state index contributed by atoms with van der Waals surface area (Å²) in [5.41, 5.74) is 1.07. The van der Waals surface area contributed by atoms with E-state index in [1.54, 1.807) is 0 Å². The van der Waals surface area contributed by atoms with Gasteiger partial charge in [-0.25, -0.2) is 4.79 Å². The van der Waals surface area contributed by atoms with Crippen molar-refractivity contribution in [3.05, 3.63) is 29.8 Å². The minimum absolute atomic E-state index is 0.298. The molecule has 0 spiro atoms. The van der Waals surface area contributed by atoms with Gasteiger partial charge in [0.2, 0.25) is 0 Å². The lowest BCUT2D eigenvalue weighted by molar-refractivity contribution is -0.214. The summed E-state index contributed by atoms with van der Waals surface area (Å²) < 4.78 is 0. The normalized spacial score (nSPS) is 10.5. The average molecular weight is 264 g/mol. The van der Waals surface area contributed by atoms with Crippen LogP contribution in [0, 0.1) is 5.92 Å². The van der Waals surface area contributed by atoms with Gasteiger partial charge in [0.25, 0.3) is 0 Å². The van der Waals surface area contributed by atoms with Crippen LogP contribution in [0.2, 0.25) is 0 Å². The second kappa shape index (κ2) is 8.57. The second-order valence-corrected chi connectivity index (χ2v) is 5.20. The first-order valence-electron chi connectivity index (χ1n) is 7.08. The van der Waals surface area contributed by atoms with Crippen LogP contribution < -0.4 is 4.89 Å². The maximum absolute atomic E-state index is 11.5. The molecule has 1 aromatic rings. The molecule has 0 bridgehead atoms. The van der Waals surface area contributed by atoms with E-state index in [9.17, 15) is 4.79 Å². The summed E-state index contributed by atoms with van der Waals surface area (Å²) in [6.45, 7) is 6.39. The lowest BCUT2D eigenvalue weighted by Gasteiger charge is -2.10. The molecule has 0 saturated heterocycles. The second-order valence-electron chi connectivity index (χ2n) is 5.20. The van der Waals surface area contributed by atoms with Crippen molar-refractivity contribution in [1.82, 2.24) is 0 Å². The highest BCUT2D eigenvalue weighted by Gasteiger charge is 2.09. The largest absolute Gasteiger partial charge is 0.355 e. The van der Waals surface area contributed by atoms with E-state index in [0.29, 0.717) is 18.1 Å². The fourth-order valence-corrected chi connectivity index (χ4v) is 1.85. The molecule has 19 heavy (non-hydrogen) atoms. The standard InChI is InChI=1S/C16H24O3/c1-4-5-6-11-16(17)19-18-15-10-8-7-9-14(15)12-13(2)3/h7-10,13H,4-6,11-12H2,1-3H3. The highest BCUT2D eigenvalue weighted by Crippen LogP contribution is 2.21. The Kier molecular flexibility index (Phi) is 7.01. The van der Waals surface area contributed by atoms with E-state index in [2.05, 4.69) is 20.8 Å². The van der Waals surface area contributed by atoms with Gasteiger partial charge in [0, 0.05) is 0 Å². The molecular weight excluding hydrogens is 240 g/mol.